The van der Waals surface area contributed by atoms with Gasteiger partial charge in [0.1, 0.15) is 0 Å². The van der Waals surface area contributed by atoms with Crippen LogP contribution in [-0.2, 0) is 4.74 Å². The zero-order valence-corrected chi connectivity index (χ0v) is 17.6. The standard InChI is InChI=1S/C21H25Cl2N3O2/c1-25(2)17-6-3-15(4-7-17)20(26-9-11-28-12-10-26)14-24-21(27)16-5-8-18(22)19(23)13-16/h3-8,13,20H,9-12,14H2,1-2H3,(H,24,27). The number of halogens is 2. The van der Waals surface area contributed by atoms with Crippen molar-refractivity contribution in [1.29, 1.82) is 0 Å². The van der Waals surface area contributed by atoms with Crippen LogP contribution in [0, 0.1) is 0 Å². The molecule has 1 fully saturated rings. The fraction of sp³-hybridized carbons (Fsp3) is 0.381. The first-order valence-corrected chi connectivity index (χ1v) is 10.0. The highest BCUT2D eigenvalue weighted by Gasteiger charge is 2.23. The van der Waals surface area contributed by atoms with E-state index < -0.39 is 0 Å². The van der Waals surface area contributed by atoms with E-state index in [4.69, 9.17) is 27.9 Å². The molecule has 2 aromatic carbocycles. The smallest absolute Gasteiger partial charge is 0.251 e. The molecule has 1 aliphatic heterocycles. The molecule has 0 spiro atoms. The molecule has 1 unspecified atom stereocenters. The molecule has 2 aromatic rings. The van der Waals surface area contributed by atoms with Gasteiger partial charge in [0.25, 0.3) is 5.91 Å². The van der Waals surface area contributed by atoms with Crippen LogP contribution in [0.15, 0.2) is 42.5 Å². The molecule has 0 saturated carbocycles. The van der Waals surface area contributed by atoms with Gasteiger partial charge >= 0.3 is 0 Å². The van der Waals surface area contributed by atoms with Gasteiger partial charge in [-0.15, -0.1) is 0 Å². The lowest BCUT2D eigenvalue weighted by atomic mass is 10.0. The van der Waals surface area contributed by atoms with Crippen LogP contribution >= 0.6 is 23.2 Å². The second-order valence-corrected chi connectivity index (χ2v) is 7.80. The highest BCUT2D eigenvalue weighted by atomic mass is 35.5. The Morgan fingerprint density at radius 2 is 1.79 bits per heavy atom. The van der Waals surface area contributed by atoms with Crippen molar-refractivity contribution in [1.82, 2.24) is 10.2 Å². The van der Waals surface area contributed by atoms with Crippen molar-refractivity contribution in [3.05, 3.63) is 63.6 Å². The second-order valence-electron chi connectivity index (χ2n) is 6.99. The van der Waals surface area contributed by atoms with Gasteiger partial charge in [0.2, 0.25) is 0 Å². The van der Waals surface area contributed by atoms with E-state index in [1.54, 1.807) is 18.2 Å². The number of anilines is 1. The number of nitrogens with zero attached hydrogens (tertiary/aromatic N) is 2. The zero-order valence-electron chi connectivity index (χ0n) is 16.1. The van der Waals surface area contributed by atoms with Gasteiger partial charge in [-0.3, -0.25) is 9.69 Å². The Morgan fingerprint density at radius 3 is 2.39 bits per heavy atom. The van der Waals surface area contributed by atoms with Crippen LogP contribution in [0.3, 0.4) is 0 Å². The number of nitrogens with one attached hydrogen (secondary N) is 1. The lowest BCUT2D eigenvalue weighted by molar-refractivity contribution is 0.0162. The number of ether oxygens (including phenoxy) is 1. The SMILES string of the molecule is CN(C)c1ccc(C(CNC(=O)c2ccc(Cl)c(Cl)c2)N2CCOCC2)cc1. The molecular weight excluding hydrogens is 397 g/mol. The van der Waals surface area contributed by atoms with E-state index in [2.05, 4.69) is 39.4 Å². The van der Waals surface area contributed by atoms with Gasteiger partial charge in [0, 0.05) is 45.0 Å². The largest absolute Gasteiger partial charge is 0.379 e. The summed E-state index contributed by atoms with van der Waals surface area (Å²) in [4.78, 5) is 17.0. The van der Waals surface area contributed by atoms with E-state index in [0.29, 0.717) is 35.4 Å². The molecule has 1 heterocycles. The maximum Gasteiger partial charge on any atom is 0.251 e. The first-order valence-electron chi connectivity index (χ1n) is 9.28. The van der Waals surface area contributed by atoms with Gasteiger partial charge in [-0.1, -0.05) is 35.3 Å². The van der Waals surface area contributed by atoms with E-state index >= 15 is 0 Å². The molecule has 1 saturated heterocycles. The fourth-order valence-corrected chi connectivity index (χ4v) is 3.57. The normalized spacial score (nSPS) is 15.9. The van der Waals surface area contributed by atoms with E-state index in [-0.39, 0.29) is 11.9 Å². The van der Waals surface area contributed by atoms with E-state index in [1.165, 1.54) is 5.56 Å². The van der Waals surface area contributed by atoms with Crippen LogP contribution in [0.4, 0.5) is 5.69 Å². The van der Waals surface area contributed by atoms with Crippen LogP contribution < -0.4 is 10.2 Å². The number of carbonyl (C=O) groups is 1. The summed E-state index contributed by atoms with van der Waals surface area (Å²) in [6.07, 6.45) is 0. The lowest BCUT2D eigenvalue weighted by Gasteiger charge is -2.35. The minimum absolute atomic E-state index is 0.0758. The predicted octanol–water partition coefficient (Wildman–Crippen LogP) is 3.86. The summed E-state index contributed by atoms with van der Waals surface area (Å²) < 4.78 is 5.49. The first-order chi connectivity index (χ1) is 13.5. The molecule has 7 heteroatoms. The topological polar surface area (TPSA) is 44.8 Å². The van der Waals surface area contributed by atoms with Crippen LogP contribution in [0.2, 0.25) is 10.0 Å². The second kappa shape index (κ2) is 9.61. The van der Waals surface area contributed by atoms with Crippen LogP contribution in [-0.4, -0.2) is 57.8 Å². The third-order valence-electron chi connectivity index (χ3n) is 4.92. The molecule has 0 aromatic heterocycles. The fourth-order valence-electron chi connectivity index (χ4n) is 3.27. The monoisotopic (exact) mass is 421 g/mol. The Labute approximate surface area is 176 Å². The van der Waals surface area contributed by atoms with E-state index in [0.717, 1.165) is 18.8 Å². The van der Waals surface area contributed by atoms with Crippen molar-refractivity contribution in [2.24, 2.45) is 0 Å². The van der Waals surface area contributed by atoms with Gasteiger partial charge < -0.3 is 15.0 Å². The van der Waals surface area contributed by atoms with Crippen molar-refractivity contribution in [2.45, 2.75) is 6.04 Å². The van der Waals surface area contributed by atoms with Crippen LogP contribution in [0.1, 0.15) is 22.0 Å². The molecule has 5 nitrogen and oxygen atoms in total. The van der Waals surface area contributed by atoms with Crippen molar-refractivity contribution in [3.63, 3.8) is 0 Å². The van der Waals surface area contributed by atoms with Crippen LogP contribution in [0.5, 0.6) is 0 Å². The van der Waals surface area contributed by atoms with Gasteiger partial charge in [-0.25, -0.2) is 0 Å². The van der Waals surface area contributed by atoms with Crippen molar-refractivity contribution >= 4 is 34.8 Å². The van der Waals surface area contributed by atoms with Gasteiger partial charge in [-0.2, -0.15) is 0 Å². The minimum atomic E-state index is -0.165. The molecule has 1 amide bonds. The number of benzene rings is 2. The lowest BCUT2D eigenvalue weighted by Crippen LogP contribution is -2.43. The Hall–Kier alpha value is -1.79. The third kappa shape index (κ3) is 5.17. The summed E-state index contributed by atoms with van der Waals surface area (Å²) in [6, 6.07) is 13.4. The molecule has 3 rings (SSSR count). The quantitative estimate of drug-likeness (QED) is 0.768. The number of rotatable bonds is 6. The van der Waals surface area contributed by atoms with E-state index in [9.17, 15) is 4.79 Å². The molecule has 1 atom stereocenters. The third-order valence-corrected chi connectivity index (χ3v) is 5.66. The molecular formula is C21H25Cl2N3O2. The molecule has 28 heavy (non-hydrogen) atoms. The molecule has 1 N–H and O–H groups in total. The maximum absolute atomic E-state index is 12.6. The average Bonchev–Trinajstić information content (AvgIpc) is 2.71. The maximum atomic E-state index is 12.6. The Morgan fingerprint density at radius 1 is 1.11 bits per heavy atom. The summed E-state index contributed by atoms with van der Waals surface area (Å²) in [5.41, 5.74) is 2.81. The number of morpholine rings is 1. The van der Waals surface area contributed by atoms with Crippen molar-refractivity contribution in [2.75, 3.05) is 51.8 Å². The van der Waals surface area contributed by atoms with Gasteiger partial charge in [0.15, 0.2) is 0 Å². The minimum Gasteiger partial charge on any atom is -0.379 e. The van der Waals surface area contributed by atoms with Crippen LogP contribution in [0.25, 0.3) is 0 Å². The number of carbonyl (C=O) groups excluding carboxylic acids is 1. The first kappa shape index (κ1) is 20.9. The molecule has 0 aliphatic carbocycles. The van der Waals surface area contributed by atoms with Gasteiger partial charge in [-0.05, 0) is 35.9 Å². The zero-order chi connectivity index (χ0) is 20.1. The highest BCUT2D eigenvalue weighted by molar-refractivity contribution is 6.42. The highest BCUT2D eigenvalue weighted by Crippen LogP contribution is 2.25. The molecule has 0 radical (unpaired) electrons. The van der Waals surface area contributed by atoms with Gasteiger partial charge in [0.05, 0.1) is 29.3 Å². The number of hydrogen-bond acceptors (Lipinski definition) is 4. The summed E-state index contributed by atoms with van der Waals surface area (Å²) in [5, 5.41) is 3.85. The Bertz CT molecular complexity index is 806. The molecule has 1 aliphatic rings. The predicted molar refractivity (Wildman–Crippen MR) is 115 cm³/mol. The summed E-state index contributed by atoms with van der Waals surface area (Å²) in [7, 11) is 4.04. The summed E-state index contributed by atoms with van der Waals surface area (Å²) in [6.45, 7) is 3.58. The Kier molecular flexibility index (Phi) is 7.18. The molecule has 0 bridgehead atoms. The van der Waals surface area contributed by atoms with E-state index in [1.807, 2.05) is 14.1 Å². The Balaban J connectivity index is 1.75. The number of hydrogen-bond donors (Lipinski definition) is 1. The summed E-state index contributed by atoms with van der Waals surface area (Å²) in [5.74, 6) is -0.165. The summed E-state index contributed by atoms with van der Waals surface area (Å²) >= 11 is 12.0. The number of amides is 1. The molecule has 150 valence electrons. The average molecular weight is 422 g/mol. The van der Waals surface area contributed by atoms with Crippen molar-refractivity contribution < 1.29 is 9.53 Å². The van der Waals surface area contributed by atoms with Crippen molar-refractivity contribution in [3.8, 4) is 0 Å².